The number of rotatable bonds is 1. The maximum atomic E-state index is 5.50. The van der Waals surface area contributed by atoms with Gasteiger partial charge in [-0.1, -0.05) is 0 Å². The molecule has 9 heavy (non-hydrogen) atoms. The first-order chi connectivity index (χ1) is 4.38. The molecule has 0 aromatic carbocycles. The van der Waals surface area contributed by atoms with Gasteiger partial charge >= 0.3 is 0 Å². The van der Waals surface area contributed by atoms with Gasteiger partial charge in [-0.05, 0) is 0 Å². The maximum Gasteiger partial charge on any atom is 0.132 e. The Morgan fingerprint density at radius 3 is 3.00 bits per heavy atom. The Balaban J connectivity index is 2.11. The van der Waals surface area contributed by atoms with E-state index in [-0.39, 0.29) is 5.92 Å². The minimum Gasteiger partial charge on any atom is -0.385 e. The monoisotopic (exact) mass is 124 g/mol. The average molecular weight is 124 g/mol. The molecule has 2 rings (SSSR count). The van der Waals surface area contributed by atoms with Crippen LogP contribution in [0.5, 0.6) is 0 Å². The van der Waals surface area contributed by atoms with Crippen LogP contribution in [0.15, 0.2) is 10.2 Å². The topological polar surface area (TPSA) is 72.7 Å². The Labute approximate surface area is 52.8 Å². The number of hydrogen-bond acceptors (Lipinski definition) is 4. The summed E-state index contributed by atoms with van der Waals surface area (Å²) in [7, 11) is 0. The third-order valence-electron chi connectivity index (χ3n) is 1.62. The second kappa shape index (κ2) is 1.54. The fourth-order valence-corrected chi connectivity index (χ4v) is 0.947. The number of nitrogens with two attached hydrogens (primary N) is 1. The first-order valence-electron chi connectivity index (χ1n) is 2.98. The van der Waals surface area contributed by atoms with Gasteiger partial charge in [0.25, 0.3) is 0 Å². The summed E-state index contributed by atoms with van der Waals surface area (Å²) in [4.78, 5) is 0. The molecule has 1 fully saturated rings. The van der Waals surface area contributed by atoms with E-state index in [0.717, 1.165) is 6.54 Å². The minimum absolute atomic E-state index is 0.269. The second-order valence-electron chi connectivity index (χ2n) is 2.33. The van der Waals surface area contributed by atoms with Crippen molar-refractivity contribution >= 4 is 12.1 Å². The van der Waals surface area contributed by atoms with Crippen molar-refractivity contribution in [3.8, 4) is 0 Å². The first-order valence-corrected chi connectivity index (χ1v) is 2.98. The van der Waals surface area contributed by atoms with Crippen LogP contribution in [-0.2, 0) is 0 Å². The molecule has 1 saturated heterocycles. The third-order valence-corrected chi connectivity index (χ3v) is 1.62. The molecule has 2 aliphatic heterocycles. The molecule has 2 heterocycles. The maximum absolute atomic E-state index is 5.50. The molecule has 48 valence electrons. The summed E-state index contributed by atoms with van der Waals surface area (Å²) in [5.74, 6) is 0.912. The molecule has 2 atom stereocenters. The van der Waals surface area contributed by atoms with Gasteiger partial charge in [-0.15, -0.1) is 5.10 Å². The van der Waals surface area contributed by atoms with Crippen LogP contribution in [0.25, 0.3) is 0 Å². The third kappa shape index (κ3) is 0.712. The predicted molar refractivity (Wildman–Crippen MR) is 35.4 cm³/mol. The van der Waals surface area contributed by atoms with Crippen LogP contribution in [0.1, 0.15) is 0 Å². The van der Waals surface area contributed by atoms with E-state index in [0.29, 0.717) is 11.9 Å². The smallest absolute Gasteiger partial charge is 0.132 e. The summed E-state index contributed by atoms with van der Waals surface area (Å²) in [6, 6.07) is 0.514. The van der Waals surface area contributed by atoms with Gasteiger partial charge in [0, 0.05) is 18.8 Å². The van der Waals surface area contributed by atoms with Crippen molar-refractivity contribution < 1.29 is 0 Å². The van der Waals surface area contributed by atoms with Gasteiger partial charge in [-0.2, -0.15) is 5.10 Å². The average Bonchev–Trinajstić information content (AvgIpc) is 2.58. The van der Waals surface area contributed by atoms with Crippen LogP contribution in [0.3, 0.4) is 0 Å². The molecule has 2 unspecified atom stereocenters. The SMILES string of the molecule is NC1=NN=CC1C1CN1. The lowest BCUT2D eigenvalue weighted by atomic mass is 10.1. The molecular weight excluding hydrogens is 116 g/mol. The molecule has 0 aliphatic carbocycles. The van der Waals surface area contributed by atoms with E-state index in [4.69, 9.17) is 5.73 Å². The number of nitrogens with one attached hydrogen (secondary N) is 1. The molecular formula is C5H8N4. The second-order valence-corrected chi connectivity index (χ2v) is 2.33. The highest BCUT2D eigenvalue weighted by Crippen LogP contribution is 2.13. The zero-order chi connectivity index (χ0) is 6.27. The van der Waals surface area contributed by atoms with E-state index in [2.05, 4.69) is 15.5 Å². The molecule has 4 heteroatoms. The van der Waals surface area contributed by atoms with E-state index in [1.54, 1.807) is 6.21 Å². The highest BCUT2D eigenvalue weighted by molar-refractivity contribution is 6.00. The fraction of sp³-hybridized carbons (Fsp3) is 0.600. The van der Waals surface area contributed by atoms with Crippen molar-refractivity contribution in [1.29, 1.82) is 0 Å². The summed E-state index contributed by atoms with van der Waals surface area (Å²) in [5, 5.41) is 10.6. The molecule has 0 bridgehead atoms. The van der Waals surface area contributed by atoms with Crippen LogP contribution >= 0.6 is 0 Å². The van der Waals surface area contributed by atoms with Gasteiger partial charge in [0.1, 0.15) is 5.84 Å². The van der Waals surface area contributed by atoms with Gasteiger partial charge in [0.05, 0.1) is 5.92 Å². The van der Waals surface area contributed by atoms with E-state index in [1.165, 1.54) is 0 Å². The summed E-state index contributed by atoms with van der Waals surface area (Å²) in [6.45, 7) is 1.05. The number of nitrogens with zero attached hydrogens (tertiary/aromatic N) is 2. The Morgan fingerprint density at radius 1 is 1.78 bits per heavy atom. The van der Waals surface area contributed by atoms with Crippen molar-refractivity contribution in [3.05, 3.63) is 0 Å². The van der Waals surface area contributed by atoms with Gasteiger partial charge in [0.15, 0.2) is 0 Å². The largest absolute Gasteiger partial charge is 0.385 e. The standard InChI is InChI=1S/C5H8N4/c6-5-3(1-8-9-5)4-2-7-4/h1,3-4,7H,2H2,(H2,6,9). The van der Waals surface area contributed by atoms with E-state index >= 15 is 0 Å². The lowest BCUT2D eigenvalue weighted by Crippen LogP contribution is -2.27. The Hall–Kier alpha value is -0.900. The Kier molecular flexibility index (Phi) is 0.843. The Bertz CT molecular complexity index is 179. The van der Waals surface area contributed by atoms with Crippen LogP contribution in [0, 0.1) is 5.92 Å². The lowest BCUT2D eigenvalue weighted by molar-refractivity contribution is 0.887. The van der Waals surface area contributed by atoms with E-state index in [9.17, 15) is 0 Å². The van der Waals surface area contributed by atoms with E-state index in [1.807, 2.05) is 0 Å². The first kappa shape index (κ1) is 4.93. The predicted octanol–water partition coefficient (Wildman–Crippen LogP) is -1.07. The van der Waals surface area contributed by atoms with E-state index < -0.39 is 0 Å². The quantitative estimate of drug-likeness (QED) is 0.437. The van der Waals surface area contributed by atoms with Crippen molar-refractivity contribution in [3.63, 3.8) is 0 Å². The van der Waals surface area contributed by atoms with Crippen LogP contribution in [0.4, 0.5) is 0 Å². The number of hydrogen-bond donors (Lipinski definition) is 2. The molecule has 2 aliphatic rings. The van der Waals surface area contributed by atoms with Crippen molar-refractivity contribution in [2.45, 2.75) is 6.04 Å². The van der Waals surface area contributed by atoms with Crippen molar-refractivity contribution in [2.75, 3.05) is 6.54 Å². The zero-order valence-corrected chi connectivity index (χ0v) is 4.91. The highest BCUT2D eigenvalue weighted by atomic mass is 15.3. The summed E-state index contributed by atoms with van der Waals surface area (Å²) in [6.07, 6.45) is 1.79. The normalized spacial score (nSPS) is 38.9. The van der Waals surface area contributed by atoms with Gasteiger partial charge in [-0.25, -0.2) is 0 Å². The summed E-state index contributed by atoms with van der Waals surface area (Å²) >= 11 is 0. The molecule has 3 N–H and O–H groups in total. The van der Waals surface area contributed by atoms with Gasteiger partial charge in [0.2, 0.25) is 0 Å². The van der Waals surface area contributed by atoms with Crippen LogP contribution in [0.2, 0.25) is 0 Å². The molecule has 0 spiro atoms. The molecule has 0 amide bonds. The summed E-state index contributed by atoms with van der Waals surface area (Å²) in [5.41, 5.74) is 5.50. The van der Waals surface area contributed by atoms with Crippen molar-refractivity contribution in [2.24, 2.45) is 21.9 Å². The highest BCUT2D eigenvalue weighted by Gasteiger charge is 2.33. The molecule has 0 radical (unpaired) electrons. The van der Waals surface area contributed by atoms with Gasteiger partial charge < -0.3 is 11.1 Å². The van der Waals surface area contributed by atoms with Crippen LogP contribution < -0.4 is 11.1 Å². The van der Waals surface area contributed by atoms with Gasteiger partial charge in [-0.3, -0.25) is 0 Å². The van der Waals surface area contributed by atoms with Crippen LogP contribution in [-0.4, -0.2) is 24.6 Å². The molecule has 0 aromatic heterocycles. The Morgan fingerprint density at radius 2 is 2.56 bits per heavy atom. The lowest BCUT2D eigenvalue weighted by Gasteiger charge is -1.99. The molecule has 4 nitrogen and oxygen atoms in total. The number of amidine groups is 1. The minimum atomic E-state index is 0.269. The summed E-state index contributed by atoms with van der Waals surface area (Å²) < 4.78 is 0. The zero-order valence-electron chi connectivity index (χ0n) is 4.91. The van der Waals surface area contributed by atoms with Crippen molar-refractivity contribution in [1.82, 2.24) is 5.32 Å². The fourth-order valence-electron chi connectivity index (χ4n) is 0.947. The molecule has 0 saturated carbocycles. The molecule has 0 aromatic rings.